The maximum atomic E-state index is 2.59. The third kappa shape index (κ3) is 4.28. The fraction of sp³-hybridized carbons (Fsp3) is 0.0417. The summed E-state index contributed by atoms with van der Waals surface area (Å²) in [6.07, 6.45) is 9.22. The van der Waals surface area contributed by atoms with Crippen LogP contribution in [0.5, 0.6) is 0 Å². The van der Waals surface area contributed by atoms with Crippen molar-refractivity contribution >= 4 is 64.7 Å². The molecule has 51 heavy (non-hydrogen) atoms. The number of hydrogen-bond donors (Lipinski definition) is 0. The van der Waals surface area contributed by atoms with Crippen molar-refractivity contribution in [1.29, 1.82) is 0 Å². The maximum Gasteiger partial charge on any atom is 0.0629 e. The molecule has 240 valence electrons. The Kier molecular flexibility index (Phi) is 6.28. The SMILES string of the molecule is C1=CC2c3cc(-c4ccc5c(c4)c4ccccc4n5-c4cccc(-c5ccccc5)c4)c4sc5ccccc5c4c3N(c3ccccc3)C2C=C1. The molecule has 2 nitrogen and oxygen atoms in total. The molecule has 11 rings (SSSR count). The number of thiophene rings is 1. The van der Waals surface area contributed by atoms with Crippen molar-refractivity contribution in [3.8, 4) is 27.9 Å². The fourth-order valence-electron chi connectivity index (χ4n) is 8.67. The highest BCUT2D eigenvalue weighted by Crippen LogP contribution is 2.56. The molecule has 7 aromatic carbocycles. The van der Waals surface area contributed by atoms with Gasteiger partial charge in [-0.15, -0.1) is 11.3 Å². The van der Waals surface area contributed by atoms with E-state index in [0.29, 0.717) is 0 Å². The van der Waals surface area contributed by atoms with Gasteiger partial charge < -0.3 is 9.47 Å². The van der Waals surface area contributed by atoms with Gasteiger partial charge in [0.15, 0.2) is 0 Å². The van der Waals surface area contributed by atoms with Crippen LogP contribution in [0, 0.1) is 0 Å². The lowest BCUT2D eigenvalue weighted by molar-refractivity contribution is 0.745. The Morgan fingerprint density at radius 1 is 0.490 bits per heavy atom. The molecule has 1 aliphatic carbocycles. The zero-order valence-electron chi connectivity index (χ0n) is 27.8. The number of anilines is 2. The molecule has 0 spiro atoms. The molecule has 3 heterocycles. The van der Waals surface area contributed by atoms with Gasteiger partial charge in [-0.05, 0) is 82.4 Å². The molecule has 9 aromatic rings. The normalized spacial score (nSPS) is 16.4. The minimum Gasteiger partial charge on any atom is -0.333 e. The van der Waals surface area contributed by atoms with Gasteiger partial charge in [-0.1, -0.05) is 127 Å². The van der Waals surface area contributed by atoms with Gasteiger partial charge in [0.1, 0.15) is 0 Å². The van der Waals surface area contributed by atoms with Gasteiger partial charge in [-0.25, -0.2) is 0 Å². The number of para-hydroxylation sites is 2. The van der Waals surface area contributed by atoms with Gasteiger partial charge >= 0.3 is 0 Å². The molecule has 0 radical (unpaired) electrons. The first-order valence-electron chi connectivity index (χ1n) is 17.7. The van der Waals surface area contributed by atoms with Crippen molar-refractivity contribution in [2.45, 2.75) is 12.0 Å². The second-order valence-electron chi connectivity index (χ2n) is 13.7. The predicted molar refractivity (Wildman–Crippen MR) is 218 cm³/mol. The summed E-state index contributed by atoms with van der Waals surface area (Å²) in [5.41, 5.74) is 12.6. The molecular weight excluding hydrogens is 637 g/mol. The second kappa shape index (κ2) is 11.2. The lowest BCUT2D eigenvalue weighted by Crippen LogP contribution is -2.28. The summed E-state index contributed by atoms with van der Waals surface area (Å²) in [5, 5.41) is 5.23. The van der Waals surface area contributed by atoms with Gasteiger partial charge in [-0.3, -0.25) is 0 Å². The predicted octanol–water partition coefficient (Wildman–Crippen LogP) is 13.2. The van der Waals surface area contributed by atoms with E-state index in [9.17, 15) is 0 Å². The first-order chi connectivity index (χ1) is 25.3. The first-order valence-corrected chi connectivity index (χ1v) is 18.5. The average Bonchev–Trinajstić information content (AvgIpc) is 3.86. The highest BCUT2D eigenvalue weighted by atomic mass is 32.1. The highest BCUT2D eigenvalue weighted by molar-refractivity contribution is 7.26. The van der Waals surface area contributed by atoms with Crippen LogP contribution >= 0.6 is 11.3 Å². The third-order valence-corrected chi connectivity index (χ3v) is 12.1. The Hall–Kier alpha value is -6.16. The molecule has 2 aromatic heterocycles. The number of rotatable bonds is 4. The smallest absolute Gasteiger partial charge is 0.0629 e. The van der Waals surface area contributed by atoms with Gasteiger partial charge in [0.05, 0.1) is 22.8 Å². The molecule has 0 amide bonds. The summed E-state index contributed by atoms with van der Waals surface area (Å²) < 4.78 is 5.10. The Bertz CT molecular complexity index is 2870. The minimum atomic E-state index is 0.233. The van der Waals surface area contributed by atoms with E-state index in [1.54, 1.807) is 0 Å². The van der Waals surface area contributed by atoms with Gasteiger partial charge in [0.25, 0.3) is 0 Å². The van der Waals surface area contributed by atoms with E-state index in [1.807, 2.05) is 11.3 Å². The van der Waals surface area contributed by atoms with Crippen LogP contribution in [0.1, 0.15) is 11.5 Å². The van der Waals surface area contributed by atoms with Gasteiger partial charge in [0, 0.05) is 48.2 Å². The number of benzene rings is 7. The number of hydrogen-bond acceptors (Lipinski definition) is 2. The van der Waals surface area contributed by atoms with Crippen molar-refractivity contribution < 1.29 is 0 Å². The van der Waals surface area contributed by atoms with Crippen molar-refractivity contribution in [3.63, 3.8) is 0 Å². The molecule has 0 saturated carbocycles. The summed E-state index contributed by atoms with van der Waals surface area (Å²) in [6.45, 7) is 0. The van der Waals surface area contributed by atoms with E-state index >= 15 is 0 Å². The van der Waals surface area contributed by atoms with Crippen molar-refractivity contribution in [3.05, 3.63) is 188 Å². The topological polar surface area (TPSA) is 8.17 Å². The highest BCUT2D eigenvalue weighted by Gasteiger charge is 2.40. The molecule has 0 bridgehead atoms. The van der Waals surface area contributed by atoms with Gasteiger partial charge in [0.2, 0.25) is 0 Å². The van der Waals surface area contributed by atoms with Crippen LogP contribution in [0.15, 0.2) is 182 Å². The summed E-state index contributed by atoms with van der Waals surface area (Å²) in [4.78, 5) is 2.59. The number of fused-ring (bicyclic) bond motifs is 10. The lowest BCUT2D eigenvalue weighted by Gasteiger charge is -2.29. The largest absolute Gasteiger partial charge is 0.333 e. The summed E-state index contributed by atoms with van der Waals surface area (Å²) in [5.74, 6) is 0.273. The van der Waals surface area contributed by atoms with Gasteiger partial charge in [-0.2, -0.15) is 0 Å². The van der Waals surface area contributed by atoms with E-state index in [-0.39, 0.29) is 12.0 Å². The molecule has 2 unspecified atom stereocenters. The van der Waals surface area contributed by atoms with Crippen LogP contribution in [-0.2, 0) is 0 Å². The number of nitrogens with zero attached hydrogens (tertiary/aromatic N) is 2. The minimum absolute atomic E-state index is 0.233. The van der Waals surface area contributed by atoms with E-state index in [0.717, 1.165) is 0 Å². The molecule has 0 fully saturated rings. The standard InChI is InChI=1S/C48H32N2S/c1-3-14-31(15-4-1)32-16-13-19-35(28-32)49-42-23-10-7-20-36(42)40-29-33(26-27-44(40)49)39-30-41-37-21-8-11-24-43(37)50(34-17-5-2-6-18-34)47(41)46-38-22-9-12-25-45(38)51-48(39)46/h1-30,37,43H. The summed E-state index contributed by atoms with van der Waals surface area (Å²) >= 11 is 1.92. The van der Waals surface area contributed by atoms with Crippen LogP contribution in [-0.4, -0.2) is 10.6 Å². The quantitative estimate of drug-likeness (QED) is 0.181. The molecule has 0 N–H and O–H groups in total. The van der Waals surface area contributed by atoms with Crippen LogP contribution in [0.3, 0.4) is 0 Å². The fourth-order valence-corrected chi connectivity index (χ4v) is 9.92. The van der Waals surface area contributed by atoms with Crippen molar-refractivity contribution in [1.82, 2.24) is 4.57 Å². The van der Waals surface area contributed by atoms with E-state index in [4.69, 9.17) is 0 Å². The number of aromatic nitrogens is 1. The van der Waals surface area contributed by atoms with E-state index in [1.165, 1.54) is 86.9 Å². The zero-order valence-corrected chi connectivity index (χ0v) is 28.6. The molecule has 3 heteroatoms. The number of allylic oxidation sites excluding steroid dienone is 2. The molecular formula is C48H32N2S. The molecule has 0 saturated heterocycles. The van der Waals surface area contributed by atoms with E-state index < -0.39 is 0 Å². The average molecular weight is 669 g/mol. The molecule has 1 aliphatic heterocycles. The maximum absolute atomic E-state index is 2.59. The monoisotopic (exact) mass is 668 g/mol. The van der Waals surface area contributed by atoms with E-state index in [2.05, 4.69) is 191 Å². The summed E-state index contributed by atoms with van der Waals surface area (Å²) in [6, 6.07) is 58.2. The Balaban J connectivity index is 1.16. The van der Waals surface area contributed by atoms with Crippen molar-refractivity contribution in [2.24, 2.45) is 0 Å². The Labute approximate surface area is 300 Å². The zero-order chi connectivity index (χ0) is 33.5. The summed E-state index contributed by atoms with van der Waals surface area (Å²) in [7, 11) is 0. The van der Waals surface area contributed by atoms with Crippen LogP contribution in [0.2, 0.25) is 0 Å². The first kappa shape index (κ1) is 28.7. The third-order valence-electron chi connectivity index (χ3n) is 10.9. The lowest BCUT2D eigenvalue weighted by atomic mass is 9.88. The Morgan fingerprint density at radius 2 is 1.20 bits per heavy atom. The van der Waals surface area contributed by atoms with Crippen LogP contribution < -0.4 is 4.90 Å². The molecule has 2 atom stereocenters. The molecule has 2 aliphatic rings. The Morgan fingerprint density at radius 3 is 2.08 bits per heavy atom. The van der Waals surface area contributed by atoms with Crippen molar-refractivity contribution in [2.75, 3.05) is 4.90 Å². The van der Waals surface area contributed by atoms with Crippen LogP contribution in [0.25, 0.3) is 69.9 Å². The van der Waals surface area contributed by atoms with Crippen LogP contribution in [0.4, 0.5) is 11.4 Å². The second-order valence-corrected chi connectivity index (χ2v) is 14.7.